The molecule has 0 saturated carbocycles. The van der Waals surface area contributed by atoms with E-state index in [2.05, 4.69) is 19.1 Å². The Hall–Kier alpha value is -0.200. The van der Waals surface area contributed by atoms with Crippen LogP contribution >= 0.6 is 0 Å². The molecule has 5 N–H and O–H groups in total. The van der Waals surface area contributed by atoms with Crippen molar-refractivity contribution in [3.05, 3.63) is 12.2 Å². The van der Waals surface area contributed by atoms with Gasteiger partial charge in [0.25, 0.3) is 0 Å². The van der Waals surface area contributed by atoms with Crippen LogP contribution in [0.4, 0.5) is 0 Å². The van der Waals surface area contributed by atoms with Crippen molar-refractivity contribution in [2.24, 2.45) is 11.5 Å². The Balaban J connectivity index is 0. The SMILES string of the molecule is CCCCCCCC/C=C\CCCCCCC[C](=O)[Na].NCCCCC(N)C(=O)O. The van der Waals surface area contributed by atoms with Gasteiger partial charge in [0.15, 0.2) is 0 Å². The molecule has 0 spiro atoms. The molecule has 0 amide bonds. The summed E-state index contributed by atoms with van der Waals surface area (Å²) in [4.78, 5) is 21.0. The Labute approximate surface area is 203 Å². The van der Waals surface area contributed by atoms with Crippen LogP contribution in [-0.2, 0) is 9.59 Å². The Morgan fingerprint density at radius 1 is 0.833 bits per heavy atom. The summed E-state index contributed by atoms with van der Waals surface area (Å²) >= 11 is 0.742. The van der Waals surface area contributed by atoms with E-state index in [9.17, 15) is 9.59 Å². The number of carbonyl (C=O) groups excluding carboxylic acids is 1. The quantitative estimate of drug-likeness (QED) is 0.138. The maximum atomic E-state index is 10.8. The van der Waals surface area contributed by atoms with Crippen LogP contribution in [-0.4, -0.2) is 54.6 Å². The smallest absolute Gasteiger partial charge is 0.320 e. The van der Waals surface area contributed by atoms with Gasteiger partial charge in [0, 0.05) is 0 Å². The number of rotatable bonds is 20. The minimum Gasteiger partial charge on any atom is -0.480 e. The summed E-state index contributed by atoms with van der Waals surface area (Å²) in [7, 11) is 0. The van der Waals surface area contributed by atoms with E-state index in [1.165, 1.54) is 77.0 Å². The molecule has 0 aromatic carbocycles. The van der Waals surface area contributed by atoms with Crippen LogP contribution in [0.25, 0.3) is 0 Å². The van der Waals surface area contributed by atoms with Crippen molar-refractivity contribution < 1.29 is 14.7 Å². The van der Waals surface area contributed by atoms with Gasteiger partial charge in [-0.3, -0.25) is 4.79 Å². The average Bonchev–Trinajstić information content (AvgIpc) is 2.71. The van der Waals surface area contributed by atoms with Crippen LogP contribution in [0.1, 0.15) is 116 Å². The van der Waals surface area contributed by atoms with Crippen molar-refractivity contribution in [2.75, 3.05) is 6.54 Å². The van der Waals surface area contributed by atoms with Crippen molar-refractivity contribution >= 4 is 36.9 Å². The van der Waals surface area contributed by atoms with Crippen molar-refractivity contribution in [1.82, 2.24) is 0 Å². The molecule has 0 fully saturated rings. The van der Waals surface area contributed by atoms with E-state index in [1.54, 1.807) is 0 Å². The topological polar surface area (TPSA) is 106 Å². The summed E-state index contributed by atoms with van der Waals surface area (Å²) in [5.74, 6) is -0.933. The number of carboxylic acids is 1. The molecule has 1 atom stereocenters. The molecular formula is C24H47N2NaO3. The molecule has 6 heteroatoms. The van der Waals surface area contributed by atoms with Crippen LogP contribution in [0.15, 0.2) is 12.2 Å². The van der Waals surface area contributed by atoms with Gasteiger partial charge in [-0.1, -0.05) is 45.4 Å². The summed E-state index contributed by atoms with van der Waals surface area (Å²) in [6, 6.07) is -0.716. The Bertz CT molecular complexity index is 417. The fourth-order valence-corrected chi connectivity index (χ4v) is 3.43. The molecule has 30 heavy (non-hydrogen) atoms. The van der Waals surface area contributed by atoms with Crippen molar-refractivity contribution in [3.8, 4) is 0 Å². The second-order valence-corrected chi connectivity index (χ2v) is 9.38. The van der Waals surface area contributed by atoms with Gasteiger partial charge >= 0.3 is 112 Å². The van der Waals surface area contributed by atoms with Gasteiger partial charge in [0.1, 0.15) is 6.04 Å². The molecule has 1 unspecified atom stereocenters. The molecular weight excluding hydrogens is 387 g/mol. The summed E-state index contributed by atoms with van der Waals surface area (Å²) in [6.07, 6.45) is 25.0. The zero-order valence-corrected chi connectivity index (χ0v) is 21.9. The molecule has 5 nitrogen and oxygen atoms in total. The van der Waals surface area contributed by atoms with Crippen LogP contribution in [0.2, 0.25) is 0 Å². The van der Waals surface area contributed by atoms with Crippen LogP contribution in [0, 0.1) is 0 Å². The maximum absolute atomic E-state index is 10.8. The molecule has 0 heterocycles. The van der Waals surface area contributed by atoms with Gasteiger partial charge in [0.05, 0.1) is 0 Å². The number of allylic oxidation sites excluding steroid dienone is 2. The second kappa shape index (κ2) is 26.8. The minimum absolute atomic E-state index is 0.475. The number of carboxylic acid groups (broad SMARTS) is 1. The summed E-state index contributed by atoms with van der Waals surface area (Å²) in [5, 5.41) is 8.33. The van der Waals surface area contributed by atoms with E-state index in [0.29, 0.717) is 16.0 Å². The first-order valence-corrected chi connectivity index (χ1v) is 13.3. The molecule has 0 aliphatic heterocycles. The van der Waals surface area contributed by atoms with Crippen LogP contribution in [0.3, 0.4) is 0 Å². The van der Waals surface area contributed by atoms with Gasteiger partial charge in [-0.05, 0) is 19.4 Å². The van der Waals surface area contributed by atoms with E-state index >= 15 is 0 Å². The second-order valence-electron chi connectivity index (χ2n) is 8.27. The molecule has 0 radical (unpaired) electrons. The number of hydrogen-bond donors (Lipinski definition) is 3. The van der Waals surface area contributed by atoms with Crippen molar-refractivity contribution in [1.29, 1.82) is 0 Å². The van der Waals surface area contributed by atoms with Crippen LogP contribution in [0.5, 0.6) is 0 Å². The Morgan fingerprint density at radius 2 is 1.33 bits per heavy atom. The summed E-state index contributed by atoms with van der Waals surface area (Å²) in [6.45, 7) is 2.87. The first kappa shape index (κ1) is 32.0. The van der Waals surface area contributed by atoms with Crippen molar-refractivity contribution in [3.63, 3.8) is 0 Å². The van der Waals surface area contributed by atoms with Gasteiger partial charge in [-0.2, -0.15) is 0 Å². The predicted molar refractivity (Wildman–Crippen MR) is 129 cm³/mol. The molecule has 0 saturated heterocycles. The standard InChI is InChI=1S/C18H33O.C6H14N2O2.Na/c1-2-3-4-5-6-7-8-9-10-11-12-13-14-15-16-17-18-19;7-4-2-1-3-5(8)6(9)10;/h9-10H,2-8,11-17H2,1H3;5H,1-4,7-8H2,(H,9,10);/b10-9-;;. The van der Waals surface area contributed by atoms with E-state index in [0.717, 1.165) is 53.6 Å². The van der Waals surface area contributed by atoms with Gasteiger partial charge in [0.2, 0.25) is 0 Å². The fraction of sp³-hybridized carbons (Fsp3) is 0.833. The fourth-order valence-electron chi connectivity index (χ4n) is 3.08. The van der Waals surface area contributed by atoms with Crippen LogP contribution < -0.4 is 11.5 Å². The monoisotopic (exact) mass is 434 g/mol. The molecule has 0 aliphatic rings. The number of nitrogens with two attached hydrogens (primary N) is 2. The number of hydrogen-bond acceptors (Lipinski definition) is 4. The zero-order chi connectivity index (χ0) is 22.9. The Kier molecular flexibility index (Phi) is 28.6. The van der Waals surface area contributed by atoms with E-state index < -0.39 is 12.0 Å². The minimum atomic E-state index is -0.933. The maximum Gasteiger partial charge on any atom is 0.320 e. The molecule has 0 aliphatic carbocycles. The van der Waals surface area contributed by atoms with Crippen molar-refractivity contribution in [2.45, 2.75) is 122 Å². The van der Waals surface area contributed by atoms with E-state index in [1.807, 2.05) is 0 Å². The largest absolute Gasteiger partial charge is 0.480 e. The first-order valence-electron chi connectivity index (χ1n) is 12.3. The zero-order valence-electron chi connectivity index (χ0n) is 19.9. The average molecular weight is 435 g/mol. The predicted octanol–water partition coefficient (Wildman–Crippen LogP) is 5.25. The number of carbonyl (C=O) groups is 2. The summed E-state index contributed by atoms with van der Waals surface area (Å²) in [5.41, 5.74) is 10.4. The third-order valence-corrected chi connectivity index (χ3v) is 5.58. The van der Waals surface area contributed by atoms with Gasteiger partial charge in [-0.15, -0.1) is 0 Å². The first-order chi connectivity index (χ1) is 14.5. The molecule has 0 aromatic rings. The molecule has 0 bridgehead atoms. The van der Waals surface area contributed by atoms with Gasteiger partial charge in [-0.25, -0.2) is 0 Å². The van der Waals surface area contributed by atoms with E-state index in [-0.39, 0.29) is 0 Å². The third-order valence-electron chi connectivity index (χ3n) is 5.08. The molecule has 0 rings (SSSR count). The summed E-state index contributed by atoms with van der Waals surface area (Å²) < 4.78 is 0.475. The Morgan fingerprint density at radius 3 is 1.80 bits per heavy atom. The molecule has 0 aromatic heterocycles. The third kappa shape index (κ3) is 30.0. The van der Waals surface area contributed by atoms with Gasteiger partial charge < -0.3 is 16.6 Å². The van der Waals surface area contributed by atoms with E-state index in [4.69, 9.17) is 16.6 Å². The normalized spacial score (nSPS) is 11.9. The number of unbranched alkanes of at least 4 members (excludes halogenated alkanes) is 12. The number of aliphatic carboxylic acids is 1. The molecule has 172 valence electrons.